The van der Waals surface area contributed by atoms with Crippen molar-refractivity contribution in [3.63, 3.8) is 0 Å². The van der Waals surface area contributed by atoms with Crippen molar-refractivity contribution in [3.05, 3.63) is 53.6 Å². The summed E-state index contributed by atoms with van der Waals surface area (Å²) in [7, 11) is 0. The second-order valence-electron chi connectivity index (χ2n) is 3.67. The van der Waals surface area contributed by atoms with Crippen molar-refractivity contribution in [1.82, 2.24) is 9.97 Å². The molecule has 0 saturated heterocycles. The topological polar surface area (TPSA) is 55.2 Å². The fourth-order valence-electron chi connectivity index (χ4n) is 1.48. The molecule has 1 N–H and O–H groups in total. The second-order valence-corrected chi connectivity index (χ2v) is 3.67. The van der Waals surface area contributed by atoms with Gasteiger partial charge >= 0.3 is 0 Å². The van der Waals surface area contributed by atoms with E-state index in [0.717, 1.165) is 11.4 Å². The Labute approximate surface area is 99.9 Å². The molecule has 0 radical (unpaired) electrons. The average molecular weight is 230 g/mol. The molecule has 0 atom stereocenters. The van der Waals surface area contributed by atoms with Gasteiger partial charge in [0, 0.05) is 11.9 Å². The third kappa shape index (κ3) is 3.01. The maximum atomic E-state index is 9.18. The Hall–Kier alpha value is -1.94. The van der Waals surface area contributed by atoms with Gasteiger partial charge in [0.15, 0.2) is 0 Å². The first-order valence-electron chi connectivity index (χ1n) is 5.39. The fourth-order valence-corrected chi connectivity index (χ4v) is 1.48. The van der Waals surface area contributed by atoms with Crippen LogP contribution in [-0.4, -0.2) is 15.1 Å². The molecule has 0 fully saturated rings. The molecule has 0 aliphatic carbocycles. The zero-order chi connectivity index (χ0) is 12.1. The van der Waals surface area contributed by atoms with Gasteiger partial charge in [-0.05, 0) is 31.2 Å². The van der Waals surface area contributed by atoms with Crippen LogP contribution in [0.15, 0.2) is 36.5 Å². The summed E-state index contributed by atoms with van der Waals surface area (Å²) >= 11 is 0. The Morgan fingerprint density at radius 3 is 2.82 bits per heavy atom. The maximum Gasteiger partial charge on any atom is 0.143 e. The molecule has 2 rings (SSSR count). The third-order valence-electron chi connectivity index (χ3n) is 2.32. The van der Waals surface area contributed by atoms with Gasteiger partial charge in [-0.25, -0.2) is 0 Å². The number of aryl methyl sites for hydroxylation is 1. The lowest BCUT2D eigenvalue weighted by Crippen LogP contribution is -2.02. The standard InChI is InChI=1S/C13H14N2O2/c1-10-5-6-13(12(8-16)15-10)17-9-11-4-2-3-7-14-11/h2-7,16H,8-9H2,1H3. The van der Waals surface area contributed by atoms with Gasteiger partial charge in [0.1, 0.15) is 18.1 Å². The van der Waals surface area contributed by atoms with Gasteiger partial charge in [0.25, 0.3) is 0 Å². The number of aliphatic hydroxyl groups excluding tert-OH is 1. The van der Waals surface area contributed by atoms with Crippen LogP contribution in [0.5, 0.6) is 5.75 Å². The number of hydrogen-bond acceptors (Lipinski definition) is 4. The largest absolute Gasteiger partial charge is 0.485 e. The van der Waals surface area contributed by atoms with Crippen LogP contribution in [0.25, 0.3) is 0 Å². The lowest BCUT2D eigenvalue weighted by atomic mass is 10.3. The third-order valence-corrected chi connectivity index (χ3v) is 2.32. The first-order valence-corrected chi connectivity index (χ1v) is 5.39. The van der Waals surface area contributed by atoms with Crippen LogP contribution in [0, 0.1) is 6.92 Å². The summed E-state index contributed by atoms with van der Waals surface area (Å²) in [6.07, 6.45) is 1.72. The van der Waals surface area contributed by atoms with Crippen molar-refractivity contribution >= 4 is 0 Å². The van der Waals surface area contributed by atoms with Crippen LogP contribution < -0.4 is 4.74 Å². The van der Waals surface area contributed by atoms with Crippen LogP contribution in [0.4, 0.5) is 0 Å². The Morgan fingerprint density at radius 2 is 2.12 bits per heavy atom. The van der Waals surface area contributed by atoms with Crippen molar-refractivity contribution in [2.75, 3.05) is 0 Å². The molecule has 0 aromatic carbocycles. The Kier molecular flexibility index (Phi) is 3.67. The summed E-state index contributed by atoms with van der Waals surface area (Å²) in [5.41, 5.74) is 2.26. The monoisotopic (exact) mass is 230 g/mol. The minimum Gasteiger partial charge on any atom is -0.485 e. The number of rotatable bonds is 4. The fraction of sp³-hybridized carbons (Fsp3) is 0.231. The van der Waals surface area contributed by atoms with E-state index in [1.54, 1.807) is 6.20 Å². The highest BCUT2D eigenvalue weighted by molar-refractivity contribution is 5.28. The van der Waals surface area contributed by atoms with E-state index in [1.807, 2.05) is 37.3 Å². The number of nitrogens with zero attached hydrogens (tertiary/aromatic N) is 2. The highest BCUT2D eigenvalue weighted by Crippen LogP contribution is 2.17. The van der Waals surface area contributed by atoms with Gasteiger partial charge < -0.3 is 9.84 Å². The van der Waals surface area contributed by atoms with Crippen molar-refractivity contribution in [3.8, 4) is 5.75 Å². The number of hydrogen-bond donors (Lipinski definition) is 1. The zero-order valence-electron chi connectivity index (χ0n) is 9.63. The minimum absolute atomic E-state index is 0.126. The molecule has 0 aliphatic heterocycles. The molecule has 88 valence electrons. The molecule has 0 saturated carbocycles. The molecular formula is C13H14N2O2. The lowest BCUT2D eigenvalue weighted by Gasteiger charge is -2.09. The van der Waals surface area contributed by atoms with Crippen LogP contribution >= 0.6 is 0 Å². The predicted octanol–water partition coefficient (Wildman–Crippen LogP) is 1.86. The van der Waals surface area contributed by atoms with Crippen molar-refractivity contribution in [2.24, 2.45) is 0 Å². The highest BCUT2D eigenvalue weighted by atomic mass is 16.5. The van der Waals surface area contributed by atoms with Crippen LogP contribution in [0.3, 0.4) is 0 Å². The quantitative estimate of drug-likeness (QED) is 0.871. The summed E-state index contributed by atoms with van der Waals surface area (Å²) in [6, 6.07) is 9.33. The number of aliphatic hydroxyl groups is 1. The van der Waals surface area contributed by atoms with E-state index >= 15 is 0 Å². The minimum atomic E-state index is -0.126. The molecule has 2 heterocycles. The lowest BCUT2D eigenvalue weighted by molar-refractivity contribution is 0.251. The normalized spacial score (nSPS) is 10.2. The van der Waals surface area contributed by atoms with Crippen molar-refractivity contribution < 1.29 is 9.84 Å². The van der Waals surface area contributed by atoms with Crippen molar-refractivity contribution in [1.29, 1.82) is 0 Å². The first kappa shape index (κ1) is 11.5. The van der Waals surface area contributed by atoms with Gasteiger partial charge in [0.05, 0.1) is 12.3 Å². The molecule has 0 aliphatic rings. The average Bonchev–Trinajstić information content (AvgIpc) is 2.38. The number of ether oxygens (including phenoxy) is 1. The molecule has 0 unspecified atom stereocenters. The predicted molar refractivity (Wildman–Crippen MR) is 63.5 cm³/mol. The van der Waals surface area contributed by atoms with Crippen LogP contribution in [0.2, 0.25) is 0 Å². The summed E-state index contributed by atoms with van der Waals surface area (Å²) in [5.74, 6) is 0.601. The maximum absolute atomic E-state index is 9.18. The molecular weight excluding hydrogens is 216 g/mol. The van der Waals surface area contributed by atoms with E-state index in [4.69, 9.17) is 4.74 Å². The molecule has 17 heavy (non-hydrogen) atoms. The van der Waals surface area contributed by atoms with Gasteiger partial charge in [-0.3, -0.25) is 9.97 Å². The molecule has 0 bridgehead atoms. The number of aromatic nitrogens is 2. The Bertz CT molecular complexity index is 486. The Morgan fingerprint density at radius 1 is 1.24 bits per heavy atom. The smallest absolute Gasteiger partial charge is 0.143 e. The van der Waals surface area contributed by atoms with E-state index in [-0.39, 0.29) is 6.61 Å². The van der Waals surface area contributed by atoms with Crippen LogP contribution in [-0.2, 0) is 13.2 Å². The summed E-state index contributed by atoms with van der Waals surface area (Å²) in [6.45, 7) is 2.12. The van der Waals surface area contributed by atoms with E-state index in [9.17, 15) is 5.11 Å². The molecule has 2 aromatic heterocycles. The molecule has 0 spiro atoms. The van der Waals surface area contributed by atoms with Crippen molar-refractivity contribution in [2.45, 2.75) is 20.1 Å². The second kappa shape index (κ2) is 5.41. The van der Waals surface area contributed by atoms with E-state index in [2.05, 4.69) is 9.97 Å². The number of pyridine rings is 2. The molecule has 2 aromatic rings. The summed E-state index contributed by atoms with van der Waals surface area (Å²) < 4.78 is 5.58. The summed E-state index contributed by atoms with van der Waals surface area (Å²) in [5, 5.41) is 9.18. The van der Waals surface area contributed by atoms with Gasteiger partial charge in [-0.15, -0.1) is 0 Å². The SMILES string of the molecule is Cc1ccc(OCc2ccccn2)c(CO)n1. The van der Waals surface area contributed by atoms with E-state index in [1.165, 1.54) is 0 Å². The first-order chi connectivity index (χ1) is 8.29. The molecule has 0 amide bonds. The van der Waals surface area contributed by atoms with E-state index in [0.29, 0.717) is 18.1 Å². The van der Waals surface area contributed by atoms with Gasteiger partial charge in [-0.1, -0.05) is 6.07 Å². The molecule has 4 nitrogen and oxygen atoms in total. The highest BCUT2D eigenvalue weighted by Gasteiger charge is 2.05. The van der Waals surface area contributed by atoms with Crippen LogP contribution in [0.1, 0.15) is 17.1 Å². The Balaban J connectivity index is 2.09. The zero-order valence-corrected chi connectivity index (χ0v) is 9.63. The van der Waals surface area contributed by atoms with E-state index < -0.39 is 0 Å². The van der Waals surface area contributed by atoms with Gasteiger partial charge in [-0.2, -0.15) is 0 Å². The summed E-state index contributed by atoms with van der Waals surface area (Å²) in [4.78, 5) is 8.37. The van der Waals surface area contributed by atoms with Gasteiger partial charge in [0.2, 0.25) is 0 Å². The molecule has 4 heteroatoms.